The number of halogens is 2. The van der Waals surface area contributed by atoms with Gasteiger partial charge in [-0.25, -0.2) is 4.98 Å². The maximum Gasteiger partial charge on any atom is 0.238 e. The van der Waals surface area contributed by atoms with Gasteiger partial charge in [0.1, 0.15) is 18.2 Å². The molecule has 0 aliphatic heterocycles. The zero-order valence-electron chi connectivity index (χ0n) is 14.1. The first-order valence-corrected chi connectivity index (χ1v) is 7.90. The van der Waals surface area contributed by atoms with Gasteiger partial charge < -0.3 is 19.9 Å². The Labute approximate surface area is 160 Å². The van der Waals surface area contributed by atoms with Crippen LogP contribution in [-0.2, 0) is 18.4 Å². The molecule has 0 atom stereocenters. The molecule has 138 valence electrons. The molecule has 0 saturated heterocycles. The van der Waals surface area contributed by atoms with Gasteiger partial charge in [-0.05, 0) is 49.6 Å². The lowest BCUT2D eigenvalue weighted by Gasteiger charge is -2.09. The van der Waals surface area contributed by atoms with E-state index in [1.165, 1.54) is 12.8 Å². The average Bonchev–Trinajstić information content (AvgIpc) is 3.27. The van der Waals surface area contributed by atoms with E-state index in [0.717, 1.165) is 29.7 Å². The summed E-state index contributed by atoms with van der Waals surface area (Å²) in [5, 5.41) is 6.04. The van der Waals surface area contributed by atoms with Crippen LogP contribution >= 0.6 is 24.8 Å². The summed E-state index contributed by atoms with van der Waals surface area (Å²) in [5.41, 5.74) is 0.771. The molecule has 0 unspecified atom stereocenters. The molecular formula is C17H24Cl2N4O2. The molecule has 1 aliphatic rings. The van der Waals surface area contributed by atoms with Gasteiger partial charge in [0.25, 0.3) is 0 Å². The second-order valence-electron chi connectivity index (χ2n) is 5.89. The van der Waals surface area contributed by atoms with Crippen molar-refractivity contribution in [3.63, 3.8) is 0 Å². The molecule has 1 aromatic carbocycles. The van der Waals surface area contributed by atoms with Crippen molar-refractivity contribution in [3.05, 3.63) is 42.5 Å². The van der Waals surface area contributed by atoms with Crippen molar-refractivity contribution < 1.29 is 9.53 Å². The van der Waals surface area contributed by atoms with Crippen LogP contribution in [0.5, 0.6) is 5.75 Å². The molecule has 6 nitrogen and oxygen atoms in total. The lowest BCUT2D eigenvalue weighted by atomic mass is 10.3. The van der Waals surface area contributed by atoms with Crippen molar-refractivity contribution in [1.82, 2.24) is 14.9 Å². The second kappa shape index (κ2) is 10.3. The fourth-order valence-electron chi connectivity index (χ4n) is 2.23. The van der Waals surface area contributed by atoms with Gasteiger partial charge in [-0.2, -0.15) is 0 Å². The van der Waals surface area contributed by atoms with Crippen molar-refractivity contribution >= 4 is 36.4 Å². The normalized spacial score (nSPS) is 12.7. The number of anilines is 1. The highest BCUT2D eigenvalue weighted by Gasteiger charge is 2.20. The van der Waals surface area contributed by atoms with E-state index in [0.29, 0.717) is 13.2 Å². The molecule has 0 spiro atoms. The van der Waals surface area contributed by atoms with Gasteiger partial charge in [0, 0.05) is 25.1 Å². The van der Waals surface area contributed by atoms with Gasteiger partial charge in [0.2, 0.25) is 5.91 Å². The predicted molar refractivity (Wildman–Crippen MR) is 103 cm³/mol. The Morgan fingerprint density at radius 1 is 1.28 bits per heavy atom. The van der Waals surface area contributed by atoms with Gasteiger partial charge >= 0.3 is 0 Å². The van der Waals surface area contributed by atoms with Crippen LogP contribution < -0.4 is 15.4 Å². The number of nitrogens with zero attached hydrogens (tertiary/aromatic N) is 2. The van der Waals surface area contributed by atoms with Gasteiger partial charge in [-0.1, -0.05) is 0 Å². The largest absolute Gasteiger partial charge is 0.486 e. The molecule has 1 aliphatic carbocycles. The van der Waals surface area contributed by atoms with Crippen molar-refractivity contribution in [2.24, 2.45) is 13.0 Å². The lowest BCUT2D eigenvalue weighted by molar-refractivity contribution is -0.115. The average molecular weight is 387 g/mol. The first kappa shape index (κ1) is 21.3. The number of amides is 1. The molecule has 3 rings (SSSR count). The standard InChI is InChI=1S/C17H22N4O2.2ClH/c1-21-9-8-19-16(21)12-23-15-6-4-14(5-7-15)20-17(22)11-18-10-13-2-3-13;;/h4-9,13,18H,2-3,10-12H2,1H3,(H,20,22);2*1H. The van der Waals surface area contributed by atoms with Crippen LogP contribution in [-0.4, -0.2) is 28.5 Å². The molecule has 1 saturated carbocycles. The highest BCUT2D eigenvalue weighted by atomic mass is 35.5. The van der Waals surface area contributed by atoms with E-state index in [1.54, 1.807) is 6.20 Å². The fourth-order valence-corrected chi connectivity index (χ4v) is 2.23. The molecule has 1 heterocycles. The highest BCUT2D eigenvalue weighted by molar-refractivity contribution is 5.92. The van der Waals surface area contributed by atoms with Gasteiger partial charge in [-0.3, -0.25) is 4.79 Å². The zero-order valence-corrected chi connectivity index (χ0v) is 15.7. The van der Waals surface area contributed by atoms with E-state index >= 15 is 0 Å². The van der Waals surface area contributed by atoms with Crippen molar-refractivity contribution in [3.8, 4) is 5.75 Å². The number of nitrogens with one attached hydrogen (secondary N) is 2. The molecule has 1 amide bonds. The minimum absolute atomic E-state index is 0. The molecule has 2 aromatic rings. The Bertz CT molecular complexity index is 657. The minimum atomic E-state index is -0.0210. The third-order valence-electron chi connectivity index (χ3n) is 3.84. The Kier molecular flexibility index (Phi) is 8.75. The minimum Gasteiger partial charge on any atom is -0.486 e. The van der Waals surface area contributed by atoms with Crippen LogP contribution in [0.4, 0.5) is 5.69 Å². The number of ether oxygens (including phenoxy) is 1. The smallest absolute Gasteiger partial charge is 0.238 e. The summed E-state index contributed by atoms with van der Waals surface area (Å²) in [4.78, 5) is 16.0. The molecule has 25 heavy (non-hydrogen) atoms. The number of carbonyl (C=O) groups excluding carboxylic acids is 1. The number of benzene rings is 1. The lowest BCUT2D eigenvalue weighted by Crippen LogP contribution is -2.29. The van der Waals surface area contributed by atoms with E-state index in [9.17, 15) is 4.79 Å². The van der Waals surface area contributed by atoms with Crippen LogP contribution in [0.15, 0.2) is 36.7 Å². The highest BCUT2D eigenvalue weighted by Crippen LogP contribution is 2.27. The SMILES string of the molecule is Cl.Cl.Cn1ccnc1COc1ccc(NC(=O)CNCC2CC2)cc1. The molecular weight excluding hydrogens is 363 g/mol. The molecule has 0 bridgehead atoms. The van der Waals surface area contributed by atoms with E-state index < -0.39 is 0 Å². The van der Waals surface area contributed by atoms with E-state index in [1.807, 2.05) is 42.1 Å². The van der Waals surface area contributed by atoms with Crippen LogP contribution in [0.3, 0.4) is 0 Å². The number of aromatic nitrogens is 2. The van der Waals surface area contributed by atoms with Crippen molar-refractivity contribution in [2.75, 3.05) is 18.4 Å². The maximum absolute atomic E-state index is 11.8. The monoisotopic (exact) mass is 386 g/mol. The van der Waals surface area contributed by atoms with Crippen LogP contribution in [0.2, 0.25) is 0 Å². The van der Waals surface area contributed by atoms with E-state index in [4.69, 9.17) is 4.74 Å². The molecule has 1 fully saturated rings. The quantitative estimate of drug-likeness (QED) is 0.731. The summed E-state index contributed by atoms with van der Waals surface area (Å²) in [5.74, 6) is 2.37. The summed E-state index contributed by atoms with van der Waals surface area (Å²) in [7, 11) is 1.93. The summed E-state index contributed by atoms with van der Waals surface area (Å²) in [6.07, 6.45) is 6.20. The summed E-state index contributed by atoms with van der Waals surface area (Å²) >= 11 is 0. The van der Waals surface area contributed by atoms with Gasteiger partial charge in [-0.15, -0.1) is 24.8 Å². The van der Waals surface area contributed by atoms with Crippen molar-refractivity contribution in [1.29, 1.82) is 0 Å². The Balaban J connectivity index is 0.00000156. The topological polar surface area (TPSA) is 68.2 Å². The van der Waals surface area contributed by atoms with Crippen molar-refractivity contribution in [2.45, 2.75) is 19.4 Å². The summed E-state index contributed by atoms with van der Waals surface area (Å²) < 4.78 is 7.60. The first-order chi connectivity index (χ1) is 11.2. The van der Waals surface area contributed by atoms with E-state index in [2.05, 4.69) is 15.6 Å². The Morgan fingerprint density at radius 3 is 2.60 bits per heavy atom. The van der Waals surface area contributed by atoms with Crippen LogP contribution in [0.25, 0.3) is 0 Å². The van der Waals surface area contributed by atoms with E-state index in [-0.39, 0.29) is 30.7 Å². The third kappa shape index (κ3) is 6.94. The van der Waals surface area contributed by atoms with Crippen LogP contribution in [0.1, 0.15) is 18.7 Å². The Morgan fingerprint density at radius 2 is 2.00 bits per heavy atom. The molecule has 0 radical (unpaired) electrons. The fraction of sp³-hybridized carbons (Fsp3) is 0.412. The second-order valence-corrected chi connectivity index (χ2v) is 5.89. The number of carbonyl (C=O) groups is 1. The van der Waals surface area contributed by atoms with Gasteiger partial charge in [0.15, 0.2) is 0 Å². The maximum atomic E-state index is 11.8. The van der Waals surface area contributed by atoms with Crippen LogP contribution in [0, 0.1) is 5.92 Å². The summed E-state index contributed by atoms with van der Waals surface area (Å²) in [6, 6.07) is 7.37. The molecule has 8 heteroatoms. The third-order valence-corrected chi connectivity index (χ3v) is 3.84. The number of imidazole rings is 1. The molecule has 1 aromatic heterocycles. The zero-order chi connectivity index (χ0) is 16.1. The number of rotatable bonds is 8. The number of hydrogen-bond donors (Lipinski definition) is 2. The van der Waals surface area contributed by atoms with Gasteiger partial charge in [0.05, 0.1) is 6.54 Å². The first-order valence-electron chi connectivity index (χ1n) is 7.90. The molecule has 2 N–H and O–H groups in total. The number of hydrogen-bond acceptors (Lipinski definition) is 4. The Hall–Kier alpha value is -1.76. The predicted octanol–water partition coefficient (Wildman–Crippen LogP) is 2.78. The number of aryl methyl sites for hydroxylation is 1. The summed E-state index contributed by atoms with van der Waals surface area (Å²) in [6.45, 7) is 1.71.